The van der Waals surface area contributed by atoms with Gasteiger partial charge in [-0.2, -0.15) is 0 Å². The fraction of sp³-hybridized carbons (Fsp3) is 1.00. The van der Waals surface area contributed by atoms with Gasteiger partial charge in [-0.1, -0.05) is 0 Å². The summed E-state index contributed by atoms with van der Waals surface area (Å²) >= 11 is 0. The average molecular weight is 174 g/mol. The second-order valence-electron chi connectivity index (χ2n) is 3.69. The molecule has 0 bridgehead atoms. The van der Waals surface area contributed by atoms with Gasteiger partial charge in [0.2, 0.25) is 0 Å². The molecule has 1 N–H and O–H groups in total. The quantitative estimate of drug-likeness (QED) is 0.603. The molecule has 0 aliphatic carbocycles. The summed E-state index contributed by atoms with van der Waals surface area (Å²) in [7, 11) is 0. The van der Waals surface area contributed by atoms with Crippen molar-refractivity contribution < 1.29 is 19.3 Å². The number of hydrogen-bond acceptors (Lipinski definition) is 4. The van der Waals surface area contributed by atoms with Crippen LogP contribution in [0.4, 0.5) is 0 Å². The van der Waals surface area contributed by atoms with Gasteiger partial charge in [-0.25, -0.2) is 0 Å². The normalized spacial score (nSPS) is 44.8. The first-order valence-corrected chi connectivity index (χ1v) is 4.20. The Hall–Kier alpha value is -0.160. The van der Waals surface area contributed by atoms with Gasteiger partial charge in [0.15, 0.2) is 5.79 Å². The van der Waals surface area contributed by atoms with Crippen molar-refractivity contribution in [3.05, 3.63) is 0 Å². The molecular formula is C8H14O4. The minimum absolute atomic E-state index is 0.000602. The van der Waals surface area contributed by atoms with Crippen LogP contribution in [0.1, 0.15) is 13.8 Å². The summed E-state index contributed by atoms with van der Waals surface area (Å²) in [6, 6.07) is 0. The molecule has 2 aliphatic heterocycles. The minimum Gasteiger partial charge on any atom is -0.394 e. The molecule has 4 heteroatoms. The van der Waals surface area contributed by atoms with Crippen molar-refractivity contribution in [2.75, 3.05) is 13.2 Å². The molecule has 0 aromatic carbocycles. The molecule has 0 amide bonds. The van der Waals surface area contributed by atoms with E-state index in [1.54, 1.807) is 0 Å². The molecule has 4 nitrogen and oxygen atoms in total. The van der Waals surface area contributed by atoms with Crippen LogP contribution >= 0.6 is 0 Å². The predicted octanol–water partition coefficient (Wildman–Crippen LogP) is -0.102. The summed E-state index contributed by atoms with van der Waals surface area (Å²) in [6.45, 7) is 4.28. The van der Waals surface area contributed by atoms with Gasteiger partial charge in [-0.05, 0) is 13.8 Å². The third kappa shape index (κ3) is 1.25. The Kier molecular flexibility index (Phi) is 1.88. The van der Waals surface area contributed by atoms with Gasteiger partial charge in [-0.3, -0.25) is 0 Å². The molecule has 2 rings (SSSR count). The number of rotatable bonds is 1. The first-order chi connectivity index (χ1) is 5.62. The summed E-state index contributed by atoms with van der Waals surface area (Å²) < 4.78 is 16.4. The first-order valence-electron chi connectivity index (χ1n) is 4.20. The topological polar surface area (TPSA) is 47.9 Å². The van der Waals surface area contributed by atoms with Crippen LogP contribution in [0.2, 0.25) is 0 Å². The van der Waals surface area contributed by atoms with E-state index in [0.29, 0.717) is 6.61 Å². The van der Waals surface area contributed by atoms with Crippen LogP contribution in [-0.2, 0) is 14.2 Å². The van der Waals surface area contributed by atoms with E-state index in [1.807, 2.05) is 13.8 Å². The Labute approximate surface area is 71.4 Å². The monoisotopic (exact) mass is 174 g/mol. The predicted molar refractivity (Wildman–Crippen MR) is 40.7 cm³/mol. The van der Waals surface area contributed by atoms with E-state index in [1.165, 1.54) is 0 Å². The summed E-state index contributed by atoms with van der Waals surface area (Å²) in [6.07, 6.45) is -0.307. The van der Waals surface area contributed by atoms with Crippen LogP contribution in [-0.4, -0.2) is 42.4 Å². The van der Waals surface area contributed by atoms with Crippen LogP contribution < -0.4 is 0 Å². The summed E-state index contributed by atoms with van der Waals surface area (Å²) in [5.74, 6) is -0.521. The lowest BCUT2D eigenvalue weighted by Crippen LogP contribution is -2.31. The minimum atomic E-state index is -0.521. The van der Waals surface area contributed by atoms with Gasteiger partial charge in [0.05, 0.1) is 13.2 Å². The molecule has 70 valence electrons. The van der Waals surface area contributed by atoms with Crippen LogP contribution in [0, 0.1) is 0 Å². The van der Waals surface area contributed by atoms with Crippen LogP contribution in [0.5, 0.6) is 0 Å². The average Bonchev–Trinajstić information content (AvgIpc) is 2.42. The zero-order valence-corrected chi connectivity index (χ0v) is 7.32. The Morgan fingerprint density at radius 3 is 2.83 bits per heavy atom. The molecule has 2 fully saturated rings. The zero-order chi connectivity index (χ0) is 8.77. The third-order valence-electron chi connectivity index (χ3n) is 2.24. The smallest absolute Gasteiger partial charge is 0.164 e. The number of hydrogen-bond donors (Lipinski definition) is 1. The molecule has 0 unspecified atom stereocenters. The van der Waals surface area contributed by atoms with Crippen molar-refractivity contribution in [2.24, 2.45) is 0 Å². The molecule has 0 aromatic rings. The second kappa shape index (κ2) is 2.67. The second-order valence-corrected chi connectivity index (χ2v) is 3.69. The van der Waals surface area contributed by atoms with Crippen molar-refractivity contribution in [1.82, 2.24) is 0 Å². The zero-order valence-electron chi connectivity index (χ0n) is 7.32. The fourth-order valence-corrected chi connectivity index (χ4v) is 1.78. The molecule has 0 saturated carbocycles. The maximum atomic E-state index is 8.92. The van der Waals surface area contributed by atoms with Crippen LogP contribution in [0.15, 0.2) is 0 Å². The fourth-order valence-electron chi connectivity index (χ4n) is 1.78. The lowest BCUT2D eigenvalue weighted by Gasteiger charge is -2.20. The number of aliphatic hydroxyl groups is 1. The van der Waals surface area contributed by atoms with Gasteiger partial charge in [-0.15, -0.1) is 0 Å². The lowest BCUT2D eigenvalue weighted by molar-refractivity contribution is -0.177. The van der Waals surface area contributed by atoms with Gasteiger partial charge in [0.1, 0.15) is 18.3 Å². The highest BCUT2D eigenvalue weighted by Crippen LogP contribution is 2.34. The van der Waals surface area contributed by atoms with E-state index in [0.717, 1.165) is 0 Å². The van der Waals surface area contributed by atoms with E-state index in [4.69, 9.17) is 19.3 Å². The molecule has 0 aromatic heterocycles. The largest absolute Gasteiger partial charge is 0.394 e. The lowest BCUT2D eigenvalue weighted by atomic mass is 10.2. The molecule has 3 atom stereocenters. The number of fused-ring (bicyclic) bond motifs is 1. The van der Waals surface area contributed by atoms with E-state index in [2.05, 4.69) is 0 Å². The maximum Gasteiger partial charge on any atom is 0.164 e. The van der Waals surface area contributed by atoms with Crippen LogP contribution in [0.3, 0.4) is 0 Å². The Morgan fingerprint density at radius 1 is 1.42 bits per heavy atom. The highest BCUT2D eigenvalue weighted by atomic mass is 16.8. The molecule has 2 saturated heterocycles. The van der Waals surface area contributed by atoms with Gasteiger partial charge in [0.25, 0.3) is 0 Å². The molecule has 0 radical (unpaired) electrons. The van der Waals surface area contributed by atoms with Crippen LogP contribution in [0.25, 0.3) is 0 Å². The number of aliphatic hydroxyl groups excluding tert-OH is 1. The number of ether oxygens (including phenoxy) is 3. The summed E-state index contributed by atoms with van der Waals surface area (Å²) in [5, 5.41) is 8.92. The van der Waals surface area contributed by atoms with E-state index in [-0.39, 0.29) is 24.9 Å². The molecule has 12 heavy (non-hydrogen) atoms. The van der Waals surface area contributed by atoms with Gasteiger partial charge >= 0.3 is 0 Å². The molecule has 2 heterocycles. The third-order valence-corrected chi connectivity index (χ3v) is 2.24. The van der Waals surface area contributed by atoms with Crippen molar-refractivity contribution >= 4 is 0 Å². The van der Waals surface area contributed by atoms with Crippen molar-refractivity contribution in [3.8, 4) is 0 Å². The molecular weight excluding hydrogens is 160 g/mol. The summed E-state index contributed by atoms with van der Waals surface area (Å²) in [4.78, 5) is 0. The molecule has 0 spiro atoms. The van der Waals surface area contributed by atoms with Crippen molar-refractivity contribution in [1.29, 1.82) is 0 Å². The Balaban J connectivity index is 2.06. The summed E-state index contributed by atoms with van der Waals surface area (Å²) in [5.41, 5.74) is 0. The van der Waals surface area contributed by atoms with Gasteiger partial charge < -0.3 is 19.3 Å². The maximum absolute atomic E-state index is 8.92. The van der Waals surface area contributed by atoms with Crippen molar-refractivity contribution in [3.63, 3.8) is 0 Å². The highest BCUT2D eigenvalue weighted by Gasteiger charge is 2.49. The van der Waals surface area contributed by atoms with Crippen molar-refractivity contribution in [2.45, 2.75) is 37.9 Å². The highest BCUT2D eigenvalue weighted by molar-refractivity contribution is 4.91. The standard InChI is InChI=1S/C8H14O4/c1-8(2)11-6-4-10-5(3-9)7(6)12-8/h5-7,9H,3-4H2,1-2H3/t5-,6-,7+/m1/s1. The van der Waals surface area contributed by atoms with E-state index < -0.39 is 5.79 Å². The van der Waals surface area contributed by atoms with Gasteiger partial charge in [0, 0.05) is 0 Å². The SMILES string of the molecule is CC1(C)O[C@H]2[C@@H](CO)OC[C@H]2O1. The first kappa shape index (κ1) is 8.44. The Bertz CT molecular complexity index is 180. The Morgan fingerprint density at radius 2 is 2.17 bits per heavy atom. The van der Waals surface area contributed by atoms with E-state index >= 15 is 0 Å². The van der Waals surface area contributed by atoms with E-state index in [9.17, 15) is 0 Å². The molecule has 2 aliphatic rings.